The molecule has 0 spiro atoms. The Balaban J connectivity index is 1.65. The molecule has 0 unspecified atom stereocenters. The van der Waals surface area contributed by atoms with Crippen molar-refractivity contribution in [1.29, 1.82) is 0 Å². The molecule has 9 nitrogen and oxygen atoms in total. The normalized spacial score (nSPS) is 11.0. The predicted octanol–water partition coefficient (Wildman–Crippen LogP) is 2.26. The Kier molecular flexibility index (Phi) is 7.41. The SMILES string of the molecule is COCCOc1ncccc1CNC(=O)CCc1c(C)nc2c(c(OC)nn2C)c1C. The number of pyridine rings is 2. The largest absolute Gasteiger partial charge is 0.479 e. The van der Waals surface area contributed by atoms with E-state index in [-0.39, 0.29) is 5.91 Å². The molecule has 3 aromatic heterocycles. The number of fused-ring (bicyclic) bond motifs is 1. The maximum Gasteiger partial charge on any atom is 0.242 e. The molecule has 0 aromatic carbocycles. The molecule has 1 amide bonds. The number of ether oxygens (including phenoxy) is 3. The first-order valence-corrected chi connectivity index (χ1v) is 10.1. The van der Waals surface area contributed by atoms with Crippen molar-refractivity contribution in [3.8, 4) is 11.8 Å². The van der Waals surface area contributed by atoms with Gasteiger partial charge in [-0.15, -0.1) is 5.10 Å². The van der Waals surface area contributed by atoms with Crippen molar-refractivity contribution in [2.24, 2.45) is 7.05 Å². The molecule has 0 fully saturated rings. The molecule has 31 heavy (non-hydrogen) atoms. The Morgan fingerprint density at radius 1 is 1.19 bits per heavy atom. The van der Waals surface area contributed by atoms with Gasteiger partial charge in [0.2, 0.25) is 17.7 Å². The van der Waals surface area contributed by atoms with Crippen LogP contribution in [-0.2, 0) is 29.5 Å². The number of hydrogen-bond donors (Lipinski definition) is 1. The van der Waals surface area contributed by atoms with Crippen molar-refractivity contribution >= 4 is 16.9 Å². The summed E-state index contributed by atoms with van der Waals surface area (Å²) in [6.07, 6.45) is 2.58. The van der Waals surface area contributed by atoms with Crippen molar-refractivity contribution in [3.63, 3.8) is 0 Å². The van der Waals surface area contributed by atoms with Gasteiger partial charge >= 0.3 is 0 Å². The molecule has 166 valence electrons. The first-order valence-electron chi connectivity index (χ1n) is 10.1. The quantitative estimate of drug-likeness (QED) is 0.495. The van der Waals surface area contributed by atoms with Crippen LogP contribution in [0, 0.1) is 13.8 Å². The van der Waals surface area contributed by atoms with E-state index in [0.717, 1.165) is 33.4 Å². The number of aryl methyl sites for hydroxylation is 3. The first-order chi connectivity index (χ1) is 15.0. The van der Waals surface area contributed by atoms with Crippen LogP contribution in [-0.4, -0.2) is 53.1 Å². The summed E-state index contributed by atoms with van der Waals surface area (Å²) in [6, 6.07) is 3.70. The van der Waals surface area contributed by atoms with Gasteiger partial charge in [0, 0.05) is 44.6 Å². The van der Waals surface area contributed by atoms with Gasteiger partial charge in [0.1, 0.15) is 6.61 Å². The molecule has 0 saturated heterocycles. The number of methoxy groups -OCH3 is 2. The second kappa shape index (κ2) is 10.2. The maximum absolute atomic E-state index is 12.5. The Bertz CT molecular complexity index is 1060. The van der Waals surface area contributed by atoms with Crippen LogP contribution in [0.2, 0.25) is 0 Å². The number of nitrogens with one attached hydrogen (secondary N) is 1. The fourth-order valence-electron chi connectivity index (χ4n) is 3.54. The fraction of sp³-hybridized carbons (Fsp3) is 0.455. The van der Waals surface area contributed by atoms with Gasteiger partial charge in [-0.05, 0) is 37.5 Å². The number of hydrogen-bond acceptors (Lipinski definition) is 7. The molecule has 0 atom stereocenters. The average Bonchev–Trinajstić information content (AvgIpc) is 3.08. The lowest BCUT2D eigenvalue weighted by atomic mass is 10.00. The molecule has 0 aliphatic carbocycles. The van der Waals surface area contributed by atoms with E-state index in [1.807, 2.05) is 33.0 Å². The minimum Gasteiger partial charge on any atom is -0.479 e. The summed E-state index contributed by atoms with van der Waals surface area (Å²) in [7, 11) is 5.05. The Morgan fingerprint density at radius 3 is 2.74 bits per heavy atom. The molecule has 1 N–H and O–H groups in total. The third kappa shape index (κ3) is 5.11. The van der Waals surface area contributed by atoms with Crippen LogP contribution in [0.3, 0.4) is 0 Å². The highest BCUT2D eigenvalue weighted by Gasteiger charge is 2.18. The lowest BCUT2D eigenvalue weighted by Crippen LogP contribution is -2.24. The van der Waals surface area contributed by atoms with E-state index in [0.29, 0.717) is 44.4 Å². The number of carbonyl (C=O) groups is 1. The van der Waals surface area contributed by atoms with Crippen LogP contribution in [0.25, 0.3) is 11.0 Å². The molecule has 9 heteroatoms. The smallest absolute Gasteiger partial charge is 0.242 e. The number of carbonyl (C=O) groups excluding carboxylic acids is 1. The van der Waals surface area contributed by atoms with Crippen molar-refractivity contribution in [3.05, 3.63) is 40.7 Å². The molecule has 0 bridgehead atoms. The first kappa shape index (κ1) is 22.5. The highest BCUT2D eigenvalue weighted by molar-refractivity contribution is 5.86. The zero-order valence-corrected chi connectivity index (χ0v) is 18.7. The highest BCUT2D eigenvalue weighted by Crippen LogP contribution is 2.30. The van der Waals surface area contributed by atoms with Gasteiger partial charge < -0.3 is 19.5 Å². The zero-order chi connectivity index (χ0) is 22.4. The van der Waals surface area contributed by atoms with E-state index < -0.39 is 0 Å². The lowest BCUT2D eigenvalue weighted by Gasteiger charge is -2.12. The van der Waals surface area contributed by atoms with Gasteiger partial charge in [0.25, 0.3) is 0 Å². The van der Waals surface area contributed by atoms with E-state index in [9.17, 15) is 4.79 Å². The van der Waals surface area contributed by atoms with Gasteiger partial charge in [-0.2, -0.15) is 0 Å². The molecule has 0 aliphatic heterocycles. The van der Waals surface area contributed by atoms with Crippen molar-refractivity contribution < 1.29 is 19.0 Å². The van der Waals surface area contributed by atoms with Crippen molar-refractivity contribution in [1.82, 2.24) is 25.1 Å². The van der Waals surface area contributed by atoms with Crippen LogP contribution >= 0.6 is 0 Å². The topological polar surface area (TPSA) is 100 Å². The maximum atomic E-state index is 12.5. The Labute approximate surface area is 181 Å². The minimum absolute atomic E-state index is 0.0521. The number of amides is 1. The van der Waals surface area contributed by atoms with Crippen molar-refractivity contribution in [2.45, 2.75) is 33.2 Å². The average molecular weight is 428 g/mol. The van der Waals surface area contributed by atoms with Crippen LogP contribution in [0.15, 0.2) is 18.3 Å². The van der Waals surface area contributed by atoms with Crippen LogP contribution in [0.5, 0.6) is 11.8 Å². The monoisotopic (exact) mass is 427 g/mol. The van der Waals surface area contributed by atoms with E-state index in [1.165, 1.54) is 0 Å². The predicted molar refractivity (Wildman–Crippen MR) is 116 cm³/mol. The van der Waals surface area contributed by atoms with Crippen LogP contribution in [0.4, 0.5) is 0 Å². The molecule has 0 aliphatic rings. The van der Waals surface area contributed by atoms with Gasteiger partial charge in [-0.3, -0.25) is 4.79 Å². The third-order valence-electron chi connectivity index (χ3n) is 5.17. The van der Waals surface area contributed by atoms with Gasteiger partial charge in [-0.1, -0.05) is 6.07 Å². The van der Waals surface area contributed by atoms with Gasteiger partial charge in [0.05, 0.1) is 19.1 Å². The molecular formula is C22H29N5O4. The second-order valence-electron chi connectivity index (χ2n) is 7.22. The lowest BCUT2D eigenvalue weighted by molar-refractivity contribution is -0.121. The summed E-state index contributed by atoms with van der Waals surface area (Å²) >= 11 is 0. The van der Waals surface area contributed by atoms with Gasteiger partial charge in [0.15, 0.2) is 5.65 Å². The summed E-state index contributed by atoms with van der Waals surface area (Å²) in [6.45, 7) is 5.20. The van der Waals surface area contributed by atoms with Crippen LogP contribution in [0.1, 0.15) is 28.8 Å². The minimum atomic E-state index is -0.0521. The summed E-state index contributed by atoms with van der Waals surface area (Å²) in [4.78, 5) is 21.4. The second-order valence-corrected chi connectivity index (χ2v) is 7.22. The van der Waals surface area contributed by atoms with Gasteiger partial charge in [-0.25, -0.2) is 14.6 Å². The van der Waals surface area contributed by atoms with Crippen molar-refractivity contribution in [2.75, 3.05) is 27.4 Å². The van der Waals surface area contributed by atoms with E-state index >= 15 is 0 Å². The summed E-state index contributed by atoms with van der Waals surface area (Å²) in [5, 5.41) is 8.21. The highest BCUT2D eigenvalue weighted by atomic mass is 16.5. The summed E-state index contributed by atoms with van der Waals surface area (Å²) < 4.78 is 17.7. The van der Waals surface area contributed by atoms with E-state index in [1.54, 1.807) is 25.1 Å². The molecular weight excluding hydrogens is 398 g/mol. The Morgan fingerprint density at radius 2 is 2.00 bits per heavy atom. The van der Waals surface area contributed by atoms with Crippen LogP contribution < -0.4 is 14.8 Å². The molecule has 0 saturated carbocycles. The standard InChI is InChI=1S/C22H29N5O4/c1-14-17(15(2)25-20-19(14)22(30-5)26-27(20)3)8-9-18(28)24-13-16-7-6-10-23-21(16)31-12-11-29-4/h6-7,10H,8-9,11-13H2,1-5H3,(H,24,28). The molecule has 3 heterocycles. The number of aromatic nitrogens is 4. The van der Waals surface area contributed by atoms with E-state index in [4.69, 9.17) is 14.2 Å². The molecule has 3 rings (SSSR count). The number of nitrogens with zero attached hydrogens (tertiary/aromatic N) is 4. The Hall–Kier alpha value is -3.20. The third-order valence-corrected chi connectivity index (χ3v) is 5.17. The fourth-order valence-corrected chi connectivity index (χ4v) is 3.54. The molecule has 0 radical (unpaired) electrons. The summed E-state index contributed by atoms with van der Waals surface area (Å²) in [5.74, 6) is 0.999. The van der Waals surface area contributed by atoms with E-state index in [2.05, 4.69) is 20.4 Å². The zero-order valence-electron chi connectivity index (χ0n) is 18.7. The summed E-state index contributed by atoms with van der Waals surface area (Å²) in [5.41, 5.74) is 4.57. The molecule has 3 aromatic rings. The number of rotatable bonds is 10.